The molecule has 1 fully saturated rings. The molecule has 0 aliphatic carbocycles. The maximum Gasteiger partial charge on any atom is 0.161 e. The minimum Gasteiger partial charge on any atom is -0.350 e. The molecule has 5 atom stereocenters. The van der Waals surface area contributed by atoms with Crippen LogP contribution < -0.4 is 0 Å². The van der Waals surface area contributed by atoms with Crippen LogP contribution in [-0.2, 0) is 9.47 Å². The Kier molecular flexibility index (Phi) is 4.60. The SMILES string of the molecule is CC[C@H]1OC(OC(C)C)[C@H](C)[C@H](C)C1C. The van der Waals surface area contributed by atoms with E-state index >= 15 is 0 Å². The highest BCUT2D eigenvalue weighted by Crippen LogP contribution is 2.36. The molecular weight excluding hydrogens is 188 g/mol. The summed E-state index contributed by atoms with van der Waals surface area (Å²) in [6.07, 6.45) is 1.67. The van der Waals surface area contributed by atoms with Crippen LogP contribution in [0.5, 0.6) is 0 Å². The Labute approximate surface area is 94.3 Å². The first-order valence-electron chi connectivity index (χ1n) is 6.28. The summed E-state index contributed by atoms with van der Waals surface area (Å²) in [4.78, 5) is 0. The molecular formula is C13H26O2. The zero-order valence-electron chi connectivity index (χ0n) is 11.0. The second kappa shape index (κ2) is 5.31. The highest BCUT2D eigenvalue weighted by molar-refractivity contribution is 4.82. The summed E-state index contributed by atoms with van der Waals surface area (Å²) >= 11 is 0. The molecule has 1 heterocycles. The number of hydrogen-bond acceptors (Lipinski definition) is 2. The molecule has 90 valence electrons. The van der Waals surface area contributed by atoms with Gasteiger partial charge >= 0.3 is 0 Å². The minimum atomic E-state index is -0.0128. The van der Waals surface area contributed by atoms with Crippen molar-refractivity contribution in [2.24, 2.45) is 17.8 Å². The van der Waals surface area contributed by atoms with Gasteiger partial charge in [-0.15, -0.1) is 0 Å². The lowest BCUT2D eigenvalue weighted by atomic mass is 9.78. The van der Waals surface area contributed by atoms with E-state index in [1.165, 1.54) is 0 Å². The second-order valence-corrected chi connectivity index (χ2v) is 5.21. The summed E-state index contributed by atoms with van der Waals surface area (Å²) in [6.45, 7) is 13.2. The third-order valence-corrected chi connectivity index (χ3v) is 3.79. The van der Waals surface area contributed by atoms with Crippen LogP contribution in [0, 0.1) is 17.8 Å². The summed E-state index contributed by atoms with van der Waals surface area (Å²) in [5.74, 6) is 1.80. The highest BCUT2D eigenvalue weighted by atomic mass is 16.7. The van der Waals surface area contributed by atoms with Crippen LogP contribution in [0.1, 0.15) is 48.0 Å². The predicted molar refractivity (Wildman–Crippen MR) is 62.7 cm³/mol. The fourth-order valence-corrected chi connectivity index (χ4v) is 2.38. The Hall–Kier alpha value is -0.0800. The van der Waals surface area contributed by atoms with Gasteiger partial charge in [0.25, 0.3) is 0 Å². The van der Waals surface area contributed by atoms with Crippen molar-refractivity contribution in [2.45, 2.75) is 66.5 Å². The van der Waals surface area contributed by atoms with E-state index in [0.29, 0.717) is 23.9 Å². The van der Waals surface area contributed by atoms with Crippen molar-refractivity contribution in [1.82, 2.24) is 0 Å². The van der Waals surface area contributed by atoms with E-state index in [9.17, 15) is 0 Å². The Balaban J connectivity index is 2.65. The van der Waals surface area contributed by atoms with Gasteiger partial charge in [0.2, 0.25) is 0 Å². The molecule has 2 nitrogen and oxygen atoms in total. The molecule has 1 saturated heterocycles. The van der Waals surface area contributed by atoms with E-state index in [1.807, 2.05) is 0 Å². The number of rotatable bonds is 3. The van der Waals surface area contributed by atoms with Crippen LogP contribution in [0.4, 0.5) is 0 Å². The molecule has 0 amide bonds. The maximum atomic E-state index is 6.02. The highest BCUT2D eigenvalue weighted by Gasteiger charge is 2.38. The van der Waals surface area contributed by atoms with Crippen molar-refractivity contribution in [2.75, 3.05) is 0 Å². The van der Waals surface area contributed by atoms with E-state index in [0.717, 1.165) is 6.42 Å². The molecule has 15 heavy (non-hydrogen) atoms. The summed E-state index contributed by atoms with van der Waals surface area (Å²) in [6, 6.07) is 0. The lowest BCUT2D eigenvalue weighted by molar-refractivity contribution is -0.259. The Bertz CT molecular complexity index is 189. The average molecular weight is 214 g/mol. The van der Waals surface area contributed by atoms with Crippen molar-refractivity contribution in [3.63, 3.8) is 0 Å². The quantitative estimate of drug-likeness (QED) is 0.716. The van der Waals surface area contributed by atoms with Gasteiger partial charge in [0.1, 0.15) is 0 Å². The predicted octanol–water partition coefficient (Wildman–Crippen LogP) is 3.45. The van der Waals surface area contributed by atoms with Crippen molar-refractivity contribution < 1.29 is 9.47 Å². The number of hydrogen-bond donors (Lipinski definition) is 0. The van der Waals surface area contributed by atoms with Gasteiger partial charge in [-0.2, -0.15) is 0 Å². The third kappa shape index (κ3) is 2.94. The van der Waals surface area contributed by atoms with Gasteiger partial charge in [-0.25, -0.2) is 0 Å². The van der Waals surface area contributed by atoms with E-state index in [1.54, 1.807) is 0 Å². The first-order chi connectivity index (χ1) is 6.97. The second-order valence-electron chi connectivity index (χ2n) is 5.21. The Morgan fingerprint density at radius 1 is 1.07 bits per heavy atom. The smallest absolute Gasteiger partial charge is 0.161 e. The van der Waals surface area contributed by atoms with Gasteiger partial charge < -0.3 is 9.47 Å². The normalized spacial score (nSPS) is 42.2. The lowest BCUT2D eigenvalue weighted by Gasteiger charge is -2.43. The summed E-state index contributed by atoms with van der Waals surface area (Å²) in [7, 11) is 0. The molecule has 0 aromatic heterocycles. The van der Waals surface area contributed by atoms with Gasteiger partial charge in [-0.05, 0) is 32.1 Å². The maximum absolute atomic E-state index is 6.02. The van der Waals surface area contributed by atoms with E-state index in [-0.39, 0.29) is 12.4 Å². The molecule has 0 spiro atoms. The van der Waals surface area contributed by atoms with Crippen LogP contribution in [-0.4, -0.2) is 18.5 Å². The van der Waals surface area contributed by atoms with Gasteiger partial charge in [0.05, 0.1) is 12.2 Å². The molecule has 1 rings (SSSR count). The van der Waals surface area contributed by atoms with Crippen molar-refractivity contribution in [3.8, 4) is 0 Å². The first-order valence-corrected chi connectivity index (χ1v) is 6.28. The molecule has 1 aliphatic heterocycles. The topological polar surface area (TPSA) is 18.5 Å². The molecule has 0 bridgehead atoms. The summed E-state index contributed by atoms with van der Waals surface area (Å²) in [5, 5.41) is 0. The van der Waals surface area contributed by atoms with Crippen LogP contribution >= 0.6 is 0 Å². The van der Waals surface area contributed by atoms with Crippen molar-refractivity contribution >= 4 is 0 Å². The average Bonchev–Trinajstić information content (AvgIpc) is 2.18. The van der Waals surface area contributed by atoms with Gasteiger partial charge in [-0.3, -0.25) is 0 Å². The van der Waals surface area contributed by atoms with Crippen molar-refractivity contribution in [3.05, 3.63) is 0 Å². The molecule has 2 heteroatoms. The molecule has 0 aromatic carbocycles. The third-order valence-electron chi connectivity index (χ3n) is 3.79. The van der Waals surface area contributed by atoms with Crippen LogP contribution in [0.2, 0.25) is 0 Å². The molecule has 1 aliphatic rings. The largest absolute Gasteiger partial charge is 0.350 e. The molecule has 0 radical (unpaired) electrons. The minimum absolute atomic E-state index is 0.0128. The molecule has 2 unspecified atom stereocenters. The molecule has 0 N–H and O–H groups in total. The summed E-state index contributed by atoms with van der Waals surface area (Å²) in [5.41, 5.74) is 0. The van der Waals surface area contributed by atoms with Crippen LogP contribution in [0.15, 0.2) is 0 Å². The van der Waals surface area contributed by atoms with Crippen LogP contribution in [0.3, 0.4) is 0 Å². The van der Waals surface area contributed by atoms with Crippen molar-refractivity contribution in [1.29, 1.82) is 0 Å². The zero-order valence-corrected chi connectivity index (χ0v) is 11.0. The number of ether oxygens (including phenoxy) is 2. The van der Waals surface area contributed by atoms with E-state index < -0.39 is 0 Å². The first kappa shape index (κ1) is 13.0. The Morgan fingerprint density at radius 3 is 2.13 bits per heavy atom. The molecule has 0 aromatic rings. The fourth-order valence-electron chi connectivity index (χ4n) is 2.38. The van der Waals surface area contributed by atoms with Gasteiger partial charge in [-0.1, -0.05) is 27.7 Å². The van der Waals surface area contributed by atoms with Gasteiger partial charge in [0, 0.05) is 5.92 Å². The fraction of sp³-hybridized carbons (Fsp3) is 1.00. The van der Waals surface area contributed by atoms with Crippen LogP contribution in [0.25, 0.3) is 0 Å². The van der Waals surface area contributed by atoms with E-state index in [4.69, 9.17) is 9.47 Å². The zero-order chi connectivity index (χ0) is 11.6. The van der Waals surface area contributed by atoms with Gasteiger partial charge in [0.15, 0.2) is 6.29 Å². The lowest BCUT2D eigenvalue weighted by Crippen LogP contribution is -2.46. The standard InChI is InChI=1S/C13H26O2/c1-7-12-10(5)9(4)11(6)13(15-12)14-8(2)3/h8-13H,7H2,1-6H3/t9-,10?,11-,12-,13?/m1/s1. The summed E-state index contributed by atoms with van der Waals surface area (Å²) < 4.78 is 11.9. The Morgan fingerprint density at radius 2 is 1.67 bits per heavy atom. The van der Waals surface area contributed by atoms with E-state index in [2.05, 4.69) is 41.5 Å². The molecule has 0 saturated carbocycles. The monoisotopic (exact) mass is 214 g/mol.